The summed E-state index contributed by atoms with van der Waals surface area (Å²) in [5.74, 6) is -1.86. The van der Waals surface area contributed by atoms with Gasteiger partial charge in [0.2, 0.25) is 17.7 Å². The molecule has 30 atom stereocenters. The van der Waals surface area contributed by atoms with Gasteiger partial charge in [-0.3, -0.25) is 14.4 Å². The number of H-pyrrole nitrogens is 2. The topological polar surface area (TPSA) is 712 Å². The van der Waals surface area contributed by atoms with E-state index in [-0.39, 0.29) is 36.9 Å². The van der Waals surface area contributed by atoms with Gasteiger partial charge in [0.1, 0.15) is 163 Å². The molecule has 0 spiro atoms. The van der Waals surface area contributed by atoms with Crippen LogP contribution >= 0.6 is 0 Å². The van der Waals surface area contributed by atoms with E-state index in [1.165, 1.54) is 34.8 Å². The zero-order valence-electron chi connectivity index (χ0n) is 76.9. The number of carbonyl (C=O) groups excluding carboxylic acids is 3. The molecule has 8 bridgehead atoms. The fraction of sp³-hybridized carbons (Fsp3) is 0.442. The SMILES string of the molecule is CC(=O)N[C@H]1[C@H](OCc2cn(-c3ccc(-c4c5nc(c(-c6ccc(-n7cc(CO[C@@H]8O[C@H](CO)[C@@H](O[C@@H]9O[C@H](CO)[C@H](O)[C@H](O)[C@H]9O)[C@H](O)[C@H]8NC(C)=O)nn7)cc6)c6ccc([nH]6)c(-c6ccc(-n7cc(CO[C@@H]8O[C@H](CO)[C@@H](O[C@@H]9O[C@H](CO)[C@H](O)[C@H](O)[C@H]9O)[C@H](O)[C@H]8NC(C)=O)nn7)cc6)c6nc(c(-c7ccccc7)c7ccc4[nH]7)C=C6)C=C5)cc3)nn2)O[C@H](CO)[C@@H](O[C@@H]2O[C@H](CO)[C@H](O)[C@H](O)[C@H]2O)[C@@H]1O. The highest BCUT2D eigenvalue weighted by Crippen LogP contribution is 2.42. The van der Waals surface area contributed by atoms with Gasteiger partial charge >= 0.3 is 0 Å². The molecule has 0 aliphatic carbocycles. The van der Waals surface area contributed by atoms with Gasteiger partial charge in [0, 0.05) is 65.1 Å². The number of benzene rings is 4. The second kappa shape index (κ2) is 44.2. The van der Waals surface area contributed by atoms with Crippen molar-refractivity contribution in [1.82, 2.24) is 80.9 Å². The highest BCUT2D eigenvalue weighted by molar-refractivity contribution is 6.00. The molecule has 6 fully saturated rings. The Labute approximate surface area is 816 Å². The minimum atomic E-state index is -1.88. The molecule has 766 valence electrons. The summed E-state index contributed by atoms with van der Waals surface area (Å²) in [7, 11) is 0. The van der Waals surface area contributed by atoms with Crippen LogP contribution < -0.4 is 16.0 Å². The Morgan fingerprint density at radius 3 is 0.812 bits per heavy atom. The number of aliphatic hydroxyl groups is 18. The lowest BCUT2D eigenvalue weighted by atomic mass is 9.95. The van der Waals surface area contributed by atoms with Gasteiger partial charge in [-0.2, -0.15) is 0 Å². The Bertz CT molecular complexity index is 6220. The van der Waals surface area contributed by atoms with E-state index in [4.69, 9.17) is 66.8 Å². The van der Waals surface area contributed by atoms with Crippen LogP contribution in [0.25, 0.3) is 108 Å². The number of nitrogens with one attached hydrogen (secondary N) is 5. The van der Waals surface area contributed by atoms with E-state index in [1.807, 2.05) is 152 Å². The monoisotopic (exact) mass is 2000 g/mol. The highest BCUT2D eigenvalue weighted by atomic mass is 16.8. The van der Waals surface area contributed by atoms with E-state index in [0.29, 0.717) is 95.3 Å². The van der Waals surface area contributed by atoms with Crippen molar-refractivity contribution in [3.05, 3.63) is 186 Å². The molecule has 8 aliphatic rings. The molecule has 23 N–H and O–H groups in total. The summed E-state index contributed by atoms with van der Waals surface area (Å²) in [5.41, 5.74) is 12.7. The van der Waals surface area contributed by atoms with Crippen molar-refractivity contribution in [3.8, 4) is 61.6 Å². The molecule has 49 heteroatoms. The smallest absolute Gasteiger partial charge is 0.217 e. The second-order valence-electron chi connectivity index (χ2n) is 35.6. The predicted molar refractivity (Wildman–Crippen MR) is 494 cm³/mol. The van der Waals surface area contributed by atoms with Gasteiger partial charge in [-0.1, -0.05) is 82.4 Å². The summed E-state index contributed by atoms with van der Waals surface area (Å²) in [4.78, 5) is 56.6. The van der Waals surface area contributed by atoms with Crippen molar-refractivity contribution in [3.63, 3.8) is 0 Å². The maximum absolute atomic E-state index is 12.7. The molecule has 10 aromatic rings. The normalized spacial score (nSPS) is 31.2. The predicted octanol–water partition coefficient (Wildman–Crippen LogP) is -4.08. The number of fused-ring (bicyclic) bond motifs is 8. The number of carbonyl (C=O) groups is 3. The summed E-state index contributed by atoms with van der Waals surface area (Å²) in [6.45, 7) is -2.09. The lowest BCUT2D eigenvalue weighted by Gasteiger charge is -2.47. The van der Waals surface area contributed by atoms with Crippen LogP contribution in [0.15, 0.2) is 146 Å². The second-order valence-corrected chi connectivity index (χ2v) is 35.6. The Kier molecular flexibility index (Phi) is 31.3. The van der Waals surface area contributed by atoms with Crippen molar-refractivity contribution in [2.24, 2.45) is 0 Å². The molecule has 4 aromatic carbocycles. The molecule has 0 saturated carbocycles. The van der Waals surface area contributed by atoms with E-state index in [2.05, 4.69) is 56.9 Å². The molecular formula is C95H108N16O33. The number of aromatic nitrogens is 13. The number of ether oxygens (including phenoxy) is 12. The number of rotatable bonds is 31. The standard InChI is InChI=1S/C95H108N16O33/c1-41(118)96-72-78(124)87(142-93-84(130)81(127)75(121)62(32-112)136-93)65(35-115)139-90(72)133-38-48-29-109(106-103-48)51-15-9-45(10-16-51)69-56-23-21-54(99-56)68(44-7-5-4-6-8-44)55-22-24-57(100-55)70(46-11-17-52(18-12-46)110-30-49(104-107-110)39-134-91-73(97-42(2)119)79(125)88(66(36-116)140-91)143-94-85(131)82(128)76(122)63(33-113)137-94)59-26-28-61(102-59)71(60-27-25-58(69)101-60)47-13-19-53(20-14-47)111-31-50(105-108-111)40-135-92-74(98-43(3)120)80(126)89(67(37-117)141-92)144-95-86(132)83(129)77(123)64(34-114)138-95/h4-31,62-67,72-95,99,102,112-117,121-132H,32-40H2,1-3H3,(H,96,118)(H,97,119)(H,98,120)/t62-,63-,64-,65-,66-,67-,72-,73-,74-,75+,76+,77+,78-,79-,80-,81+,82+,83+,84-,85-,86-,87-,88-,89-,90-,91-,92-,93+,94+,95+/m1/s1. The lowest BCUT2D eigenvalue weighted by Crippen LogP contribution is -2.67. The molecular weight excluding hydrogens is 1890 g/mol. The summed E-state index contributed by atoms with van der Waals surface area (Å²) < 4.78 is 75.4. The van der Waals surface area contributed by atoms with Gasteiger partial charge in [0.15, 0.2) is 37.7 Å². The first-order chi connectivity index (χ1) is 69.5. The largest absolute Gasteiger partial charge is 0.394 e. The fourth-order valence-electron chi connectivity index (χ4n) is 18.6. The third-order valence-electron chi connectivity index (χ3n) is 26.0. The van der Waals surface area contributed by atoms with Crippen molar-refractivity contribution in [2.75, 3.05) is 39.6 Å². The first kappa shape index (κ1) is 102. The van der Waals surface area contributed by atoms with Gasteiger partial charge in [0.05, 0.1) is 118 Å². The van der Waals surface area contributed by atoms with Crippen molar-refractivity contribution in [2.45, 2.75) is 225 Å². The maximum atomic E-state index is 12.7. The summed E-state index contributed by atoms with van der Waals surface area (Å²) in [5, 5.41) is 226. The lowest BCUT2D eigenvalue weighted by molar-refractivity contribution is -0.349. The van der Waals surface area contributed by atoms with Crippen LogP contribution in [0.2, 0.25) is 0 Å². The van der Waals surface area contributed by atoms with Crippen LogP contribution in [0.5, 0.6) is 0 Å². The average Bonchev–Trinajstić information content (AvgIpc) is 1.62. The molecule has 6 aromatic heterocycles. The number of nitrogens with zero attached hydrogens (tertiary/aromatic N) is 11. The molecule has 18 rings (SSSR count). The molecule has 6 saturated heterocycles. The average molecular weight is 2000 g/mol. The third kappa shape index (κ3) is 21.2. The molecule has 14 heterocycles. The maximum Gasteiger partial charge on any atom is 0.217 e. The van der Waals surface area contributed by atoms with Crippen LogP contribution in [0, 0.1) is 0 Å². The number of hydrogen-bond acceptors (Lipinski definition) is 41. The van der Waals surface area contributed by atoms with E-state index in [0.717, 1.165) is 11.1 Å². The number of aromatic amines is 2. The summed E-state index contributed by atoms with van der Waals surface area (Å²) in [6, 6.07) is 35.7. The Hall–Kier alpha value is -11.9. The minimum Gasteiger partial charge on any atom is -0.394 e. The van der Waals surface area contributed by atoms with Gasteiger partial charge in [-0.05, 0) is 107 Å². The van der Waals surface area contributed by atoms with Crippen LogP contribution in [-0.2, 0) is 91.0 Å². The molecule has 3 amide bonds. The van der Waals surface area contributed by atoms with E-state index >= 15 is 0 Å². The van der Waals surface area contributed by atoms with Crippen molar-refractivity contribution < 1.29 is 163 Å². The first-order valence-electron chi connectivity index (χ1n) is 46.1. The quantitative estimate of drug-likeness (QED) is 0.0196. The van der Waals surface area contributed by atoms with Crippen LogP contribution in [-0.4, -0.2) is 398 Å². The number of amides is 3. The van der Waals surface area contributed by atoms with Gasteiger partial charge in [0.25, 0.3) is 0 Å². The van der Waals surface area contributed by atoms with Crippen molar-refractivity contribution >= 4 is 64.1 Å². The molecule has 144 heavy (non-hydrogen) atoms. The number of hydrogen-bond donors (Lipinski definition) is 23. The van der Waals surface area contributed by atoms with Gasteiger partial charge < -0.3 is 175 Å². The Balaban J connectivity index is 0.666. The number of aliphatic hydroxyl groups excluding tert-OH is 18. The molecule has 0 radical (unpaired) electrons. The van der Waals surface area contributed by atoms with Gasteiger partial charge in [-0.25, -0.2) is 24.0 Å². The van der Waals surface area contributed by atoms with Gasteiger partial charge in [-0.15, -0.1) is 15.3 Å². The van der Waals surface area contributed by atoms with Crippen LogP contribution in [0.4, 0.5) is 0 Å². The van der Waals surface area contributed by atoms with E-state index in [1.54, 1.807) is 18.6 Å². The van der Waals surface area contributed by atoms with Crippen LogP contribution in [0.3, 0.4) is 0 Å². The van der Waals surface area contributed by atoms with Crippen molar-refractivity contribution in [1.29, 1.82) is 0 Å². The Morgan fingerprint density at radius 2 is 0.562 bits per heavy atom. The third-order valence-corrected chi connectivity index (χ3v) is 26.0. The summed E-state index contributed by atoms with van der Waals surface area (Å²) >= 11 is 0. The van der Waals surface area contributed by atoms with Crippen LogP contribution in [0.1, 0.15) is 60.6 Å². The van der Waals surface area contributed by atoms with E-state index < -0.39 is 241 Å². The minimum absolute atomic E-state index is 0.245. The zero-order valence-corrected chi connectivity index (χ0v) is 76.9. The molecule has 8 aliphatic heterocycles. The molecule has 49 nitrogen and oxygen atoms in total. The fourth-order valence-corrected chi connectivity index (χ4v) is 18.6. The zero-order chi connectivity index (χ0) is 101. The molecule has 0 unspecified atom stereocenters. The first-order valence-corrected chi connectivity index (χ1v) is 46.1. The Morgan fingerprint density at radius 1 is 0.312 bits per heavy atom. The summed E-state index contributed by atoms with van der Waals surface area (Å²) in [6.07, 6.45) is -31.5. The van der Waals surface area contributed by atoms with E-state index in [9.17, 15) is 106 Å². The highest BCUT2D eigenvalue weighted by Gasteiger charge is 2.56.